The molecule has 100 valence electrons. The third kappa shape index (κ3) is 6.02. The fourth-order valence-electron chi connectivity index (χ4n) is 1.45. The Bertz CT molecular complexity index is 372. The molecule has 0 bridgehead atoms. The van der Waals surface area contributed by atoms with E-state index >= 15 is 0 Å². The lowest BCUT2D eigenvalue weighted by molar-refractivity contribution is -0.120. The summed E-state index contributed by atoms with van der Waals surface area (Å²) in [6.07, 6.45) is 2.86. The molecule has 0 saturated carbocycles. The number of amides is 1. The first-order valence-corrected chi connectivity index (χ1v) is 7.25. The molecule has 0 saturated heterocycles. The van der Waals surface area contributed by atoms with Gasteiger partial charge in [0, 0.05) is 25.1 Å². The predicted molar refractivity (Wildman–Crippen MR) is 74.7 cm³/mol. The topological polar surface area (TPSA) is 62.2 Å². The summed E-state index contributed by atoms with van der Waals surface area (Å²) >= 11 is 1.74. The van der Waals surface area contributed by atoms with Crippen LogP contribution in [-0.2, 0) is 11.2 Å². The van der Waals surface area contributed by atoms with Crippen LogP contribution in [0.3, 0.4) is 0 Å². The van der Waals surface area contributed by atoms with Crippen molar-refractivity contribution in [3.05, 3.63) is 29.6 Å². The summed E-state index contributed by atoms with van der Waals surface area (Å²) in [4.78, 5) is 15.8. The Balaban J connectivity index is 2.16. The molecular weight excluding hydrogens is 248 g/mol. The van der Waals surface area contributed by atoms with Crippen LogP contribution in [-0.4, -0.2) is 40.7 Å². The van der Waals surface area contributed by atoms with E-state index in [1.807, 2.05) is 19.1 Å². The van der Waals surface area contributed by atoms with E-state index in [0.717, 1.165) is 29.2 Å². The highest BCUT2D eigenvalue weighted by molar-refractivity contribution is 7.99. The summed E-state index contributed by atoms with van der Waals surface area (Å²) in [5.74, 6) is 1.83. The molecule has 5 heteroatoms. The van der Waals surface area contributed by atoms with Gasteiger partial charge < -0.3 is 10.4 Å². The van der Waals surface area contributed by atoms with Gasteiger partial charge in [-0.15, -0.1) is 0 Å². The van der Waals surface area contributed by atoms with Gasteiger partial charge >= 0.3 is 0 Å². The molecule has 0 aliphatic rings. The number of aromatic nitrogens is 1. The number of carbonyl (C=O) groups excluding carboxylic acids is 1. The van der Waals surface area contributed by atoms with Gasteiger partial charge in [-0.2, -0.15) is 11.8 Å². The van der Waals surface area contributed by atoms with E-state index in [1.54, 1.807) is 18.0 Å². The van der Waals surface area contributed by atoms with E-state index in [0.29, 0.717) is 13.0 Å². The Morgan fingerprint density at radius 2 is 2.33 bits per heavy atom. The summed E-state index contributed by atoms with van der Waals surface area (Å²) < 4.78 is 0. The SMILES string of the molecule is Cc1cccnc1CC(=O)NCCSCCCO. The van der Waals surface area contributed by atoms with Crippen LogP contribution in [0.2, 0.25) is 0 Å². The highest BCUT2D eigenvalue weighted by atomic mass is 32.2. The molecule has 0 fully saturated rings. The summed E-state index contributed by atoms with van der Waals surface area (Å²) in [5, 5.41) is 11.5. The smallest absolute Gasteiger partial charge is 0.226 e. The minimum atomic E-state index is 0.0135. The van der Waals surface area contributed by atoms with Crippen LogP contribution in [0.15, 0.2) is 18.3 Å². The van der Waals surface area contributed by atoms with Crippen molar-refractivity contribution in [3.8, 4) is 0 Å². The van der Waals surface area contributed by atoms with Gasteiger partial charge in [-0.05, 0) is 30.7 Å². The fraction of sp³-hybridized carbons (Fsp3) is 0.538. The van der Waals surface area contributed by atoms with E-state index in [9.17, 15) is 4.79 Å². The maximum atomic E-state index is 11.7. The van der Waals surface area contributed by atoms with Crippen molar-refractivity contribution in [3.63, 3.8) is 0 Å². The predicted octanol–water partition coefficient (Wildman–Crippen LogP) is 1.16. The molecule has 1 aromatic heterocycles. The number of hydrogen-bond acceptors (Lipinski definition) is 4. The van der Waals surface area contributed by atoms with Crippen molar-refractivity contribution in [2.45, 2.75) is 19.8 Å². The third-order valence-corrected chi connectivity index (χ3v) is 3.53. The van der Waals surface area contributed by atoms with Crippen LogP contribution in [0.1, 0.15) is 17.7 Å². The minimum absolute atomic E-state index is 0.0135. The highest BCUT2D eigenvalue weighted by Gasteiger charge is 2.05. The molecule has 18 heavy (non-hydrogen) atoms. The third-order valence-electron chi connectivity index (χ3n) is 2.46. The van der Waals surface area contributed by atoms with Gasteiger partial charge in [0.05, 0.1) is 12.1 Å². The lowest BCUT2D eigenvalue weighted by atomic mass is 10.1. The Morgan fingerprint density at radius 3 is 3.06 bits per heavy atom. The van der Waals surface area contributed by atoms with Crippen molar-refractivity contribution in [1.82, 2.24) is 10.3 Å². The molecule has 1 aromatic rings. The maximum absolute atomic E-state index is 11.7. The number of rotatable bonds is 8. The van der Waals surface area contributed by atoms with Gasteiger partial charge in [0.1, 0.15) is 0 Å². The Morgan fingerprint density at radius 1 is 1.50 bits per heavy atom. The minimum Gasteiger partial charge on any atom is -0.396 e. The largest absolute Gasteiger partial charge is 0.396 e. The van der Waals surface area contributed by atoms with E-state index in [4.69, 9.17) is 5.11 Å². The monoisotopic (exact) mass is 268 g/mol. The standard InChI is InChI=1S/C13H20N2O2S/c1-11-4-2-5-14-12(11)10-13(17)15-6-9-18-8-3-7-16/h2,4-5,16H,3,6-10H2,1H3,(H,15,17). The van der Waals surface area contributed by atoms with Crippen LogP contribution in [0.5, 0.6) is 0 Å². The fourth-order valence-corrected chi connectivity index (χ4v) is 2.23. The van der Waals surface area contributed by atoms with Crippen molar-refractivity contribution >= 4 is 17.7 Å². The maximum Gasteiger partial charge on any atom is 0.226 e. The normalized spacial score (nSPS) is 10.3. The zero-order chi connectivity index (χ0) is 13.2. The molecule has 0 aromatic carbocycles. The lowest BCUT2D eigenvalue weighted by Crippen LogP contribution is -2.27. The Labute approximate surface area is 112 Å². The molecule has 0 aliphatic carbocycles. The number of carbonyl (C=O) groups is 1. The molecule has 0 atom stereocenters. The van der Waals surface area contributed by atoms with Gasteiger partial charge in [0.15, 0.2) is 0 Å². The van der Waals surface area contributed by atoms with Crippen molar-refractivity contribution in [1.29, 1.82) is 0 Å². The zero-order valence-corrected chi connectivity index (χ0v) is 11.5. The highest BCUT2D eigenvalue weighted by Crippen LogP contribution is 2.04. The molecule has 1 amide bonds. The van der Waals surface area contributed by atoms with Gasteiger partial charge in [-0.1, -0.05) is 6.07 Å². The molecule has 0 unspecified atom stereocenters. The van der Waals surface area contributed by atoms with Gasteiger partial charge in [-0.3, -0.25) is 9.78 Å². The summed E-state index contributed by atoms with van der Waals surface area (Å²) in [6, 6.07) is 3.83. The molecular formula is C13H20N2O2S. The average molecular weight is 268 g/mol. The number of aliphatic hydroxyl groups is 1. The van der Waals surface area contributed by atoms with E-state index in [1.165, 1.54) is 0 Å². The number of hydrogen-bond donors (Lipinski definition) is 2. The summed E-state index contributed by atoms with van der Waals surface area (Å²) in [7, 11) is 0. The van der Waals surface area contributed by atoms with Crippen LogP contribution in [0.4, 0.5) is 0 Å². The quantitative estimate of drug-likeness (QED) is 0.695. The molecule has 1 rings (SSSR count). The zero-order valence-electron chi connectivity index (χ0n) is 10.7. The van der Waals surface area contributed by atoms with Gasteiger partial charge in [0.25, 0.3) is 0 Å². The lowest BCUT2D eigenvalue weighted by Gasteiger charge is -2.06. The second-order valence-corrected chi connectivity index (χ2v) is 5.21. The van der Waals surface area contributed by atoms with E-state index in [-0.39, 0.29) is 12.5 Å². The van der Waals surface area contributed by atoms with E-state index < -0.39 is 0 Å². The number of aliphatic hydroxyl groups excluding tert-OH is 1. The number of thioether (sulfide) groups is 1. The molecule has 2 N–H and O–H groups in total. The first kappa shape index (κ1) is 15.0. The molecule has 0 spiro atoms. The molecule has 0 aliphatic heterocycles. The van der Waals surface area contributed by atoms with Crippen molar-refractivity contribution in [2.75, 3.05) is 24.7 Å². The Hall–Kier alpha value is -1.07. The van der Waals surface area contributed by atoms with Gasteiger partial charge in [-0.25, -0.2) is 0 Å². The van der Waals surface area contributed by atoms with Crippen LogP contribution in [0, 0.1) is 6.92 Å². The second-order valence-electron chi connectivity index (χ2n) is 3.98. The van der Waals surface area contributed by atoms with E-state index in [2.05, 4.69) is 10.3 Å². The van der Waals surface area contributed by atoms with Crippen molar-refractivity contribution < 1.29 is 9.90 Å². The average Bonchev–Trinajstić information content (AvgIpc) is 2.36. The molecule has 4 nitrogen and oxygen atoms in total. The number of aryl methyl sites for hydroxylation is 1. The van der Waals surface area contributed by atoms with Crippen LogP contribution < -0.4 is 5.32 Å². The molecule has 1 heterocycles. The van der Waals surface area contributed by atoms with Crippen molar-refractivity contribution in [2.24, 2.45) is 0 Å². The number of nitrogens with one attached hydrogen (secondary N) is 1. The Kier molecular flexibility index (Phi) is 7.44. The van der Waals surface area contributed by atoms with Crippen LogP contribution in [0.25, 0.3) is 0 Å². The first-order chi connectivity index (χ1) is 8.74. The second kappa shape index (κ2) is 8.94. The number of nitrogens with zero attached hydrogens (tertiary/aromatic N) is 1. The summed E-state index contributed by atoms with van der Waals surface area (Å²) in [6.45, 7) is 2.86. The molecule has 0 radical (unpaired) electrons. The van der Waals surface area contributed by atoms with Crippen LogP contribution >= 0.6 is 11.8 Å². The number of pyridine rings is 1. The first-order valence-electron chi connectivity index (χ1n) is 6.10. The van der Waals surface area contributed by atoms with Gasteiger partial charge in [0.2, 0.25) is 5.91 Å². The summed E-state index contributed by atoms with van der Waals surface area (Å²) in [5.41, 5.74) is 1.88.